The van der Waals surface area contributed by atoms with Crippen LogP contribution in [0.1, 0.15) is 32.9 Å². The van der Waals surface area contributed by atoms with E-state index in [4.69, 9.17) is 4.42 Å². The van der Waals surface area contributed by atoms with Crippen LogP contribution in [-0.2, 0) is 4.79 Å². The first-order valence-electron chi connectivity index (χ1n) is 7.81. The molecule has 2 aromatic heterocycles. The maximum Gasteiger partial charge on any atom is 0.257 e. The van der Waals surface area contributed by atoms with Gasteiger partial charge in [0.1, 0.15) is 6.26 Å². The largest absolute Gasteiger partial charge is 0.472 e. The van der Waals surface area contributed by atoms with Crippen LogP contribution in [0.4, 0.5) is 0 Å². The number of hydrogen-bond donors (Lipinski definition) is 0. The van der Waals surface area contributed by atoms with Crippen LogP contribution >= 0.6 is 11.3 Å². The minimum Gasteiger partial charge on any atom is -0.472 e. The minimum absolute atomic E-state index is 0.00659. The number of hydrogen-bond acceptors (Lipinski definition) is 5. The Morgan fingerprint density at radius 1 is 1.04 bits per heavy atom. The number of carbonyl (C=O) groups is 3. The lowest BCUT2D eigenvalue weighted by Gasteiger charge is -2.34. The maximum atomic E-state index is 12.2. The Bertz CT molecular complexity index is 701. The third-order valence-corrected chi connectivity index (χ3v) is 4.96. The molecule has 1 aliphatic heterocycles. The Kier molecular flexibility index (Phi) is 5.10. The summed E-state index contributed by atoms with van der Waals surface area (Å²) in [5.74, 6) is -0.105. The second-order valence-electron chi connectivity index (χ2n) is 5.59. The number of ketones is 1. The zero-order chi connectivity index (χ0) is 16.9. The monoisotopic (exact) mass is 346 g/mol. The van der Waals surface area contributed by atoms with E-state index in [-0.39, 0.29) is 30.4 Å². The van der Waals surface area contributed by atoms with Crippen LogP contribution < -0.4 is 0 Å². The number of rotatable bonds is 5. The van der Waals surface area contributed by atoms with E-state index in [2.05, 4.69) is 0 Å². The fourth-order valence-electron chi connectivity index (χ4n) is 2.67. The third kappa shape index (κ3) is 3.73. The van der Waals surface area contributed by atoms with Gasteiger partial charge in [-0.1, -0.05) is 6.07 Å². The Labute approximate surface area is 143 Å². The Morgan fingerprint density at radius 3 is 2.42 bits per heavy atom. The van der Waals surface area contributed by atoms with E-state index in [9.17, 15) is 14.4 Å². The second kappa shape index (κ2) is 7.44. The van der Waals surface area contributed by atoms with Crippen LogP contribution in [0.5, 0.6) is 0 Å². The molecule has 0 bridgehead atoms. The molecule has 6 nitrogen and oxygen atoms in total. The van der Waals surface area contributed by atoms with Crippen molar-refractivity contribution in [2.45, 2.75) is 12.8 Å². The molecule has 0 aromatic carbocycles. The number of furan rings is 1. The topological polar surface area (TPSA) is 70.8 Å². The molecule has 126 valence electrons. The summed E-state index contributed by atoms with van der Waals surface area (Å²) < 4.78 is 4.93. The molecule has 7 heteroatoms. The average Bonchev–Trinajstić information content (AvgIpc) is 3.32. The van der Waals surface area contributed by atoms with Crippen LogP contribution in [0.15, 0.2) is 40.5 Å². The van der Waals surface area contributed by atoms with E-state index in [1.807, 2.05) is 11.4 Å². The number of nitrogens with zero attached hydrogens (tertiary/aromatic N) is 2. The summed E-state index contributed by atoms with van der Waals surface area (Å²) in [6.45, 7) is 1.98. The standard InChI is InChI=1S/C17H18N2O4S/c20-14(15-2-1-11-24-15)3-4-16(21)18-6-8-19(9-7-18)17(22)13-5-10-23-12-13/h1-2,5,10-12H,3-4,6-9H2. The smallest absolute Gasteiger partial charge is 0.257 e. The van der Waals surface area contributed by atoms with Crippen LogP contribution in [0.25, 0.3) is 0 Å². The Balaban J connectivity index is 1.45. The quantitative estimate of drug-likeness (QED) is 0.779. The zero-order valence-corrected chi connectivity index (χ0v) is 14.0. The van der Waals surface area contributed by atoms with E-state index in [0.717, 1.165) is 0 Å². The first kappa shape index (κ1) is 16.4. The third-order valence-electron chi connectivity index (χ3n) is 4.05. The second-order valence-corrected chi connectivity index (χ2v) is 6.53. The molecule has 1 saturated heterocycles. The molecule has 3 rings (SSSR count). The lowest BCUT2D eigenvalue weighted by molar-refractivity contribution is -0.132. The summed E-state index contributed by atoms with van der Waals surface area (Å²) >= 11 is 1.39. The molecule has 0 unspecified atom stereocenters. The van der Waals surface area contributed by atoms with E-state index < -0.39 is 0 Å². The molecule has 0 saturated carbocycles. The van der Waals surface area contributed by atoms with Gasteiger partial charge in [-0.2, -0.15) is 0 Å². The van der Waals surface area contributed by atoms with E-state index in [1.165, 1.54) is 23.9 Å². The molecule has 0 N–H and O–H groups in total. The van der Waals surface area contributed by atoms with E-state index in [1.54, 1.807) is 21.9 Å². The average molecular weight is 346 g/mol. The van der Waals surface area contributed by atoms with Gasteiger partial charge in [0.15, 0.2) is 5.78 Å². The highest BCUT2D eigenvalue weighted by molar-refractivity contribution is 7.12. The zero-order valence-electron chi connectivity index (χ0n) is 13.1. The van der Waals surface area contributed by atoms with Gasteiger partial charge in [0, 0.05) is 39.0 Å². The first-order chi connectivity index (χ1) is 11.6. The summed E-state index contributed by atoms with van der Waals surface area (Å²) in [5.41, 5.74) is 0.524. The van der Waals surface area contributed by atoms with E-state index in [0.29, 0.717) is 36.6 Å². The predicted molar refractivity (Wildman–Crippen MR) is 89.1 cm³/mol. The normalized spacial score (nSPS) is 14.7. The summed E-state index contributed by atoms with van der Waals surface area (Å²) in [5, 5.41) is 1.85. The van der Waals surface area contributed by atoms with Crippen molar-refractivity contribution in [2.24, 2.45) is 0 Å². The highest BCUT2D eigenvalue weighted by Gasteiger charge is 2.25. The number of Topliss-reactive ketones (excluding diaryl/α,β-unsaturated/α-hetero) is 1. The molecule has 0 aliphatic carbocycles. The number of carbonyl (C=O) groups excluding carboxylic acids is 3. The predicted octanol–water partition coefficient (Wildman–Crippen LogP) is 2.29. The highest BCUT2D eigenvalue weighted by atomic mass is 32.1. The molecular weight excluding hydrogens is 328 g/mol. The van der Waals surface area contributed by atoms with Crippen molar-refractivity contribution >= 4 is 28.9 Å². The summed E-state index contributed by atoms with van der Waals surface area (Å²) in [7, 11) is 0. The van der Waals surface area contributed by atoms with Crippen molar-refractivity contribution in [1.82, 2.24) is 9.80 Å². The van der Waals surface area contributed by atoms with Gasteiger partial charge in [0.2, 0.25) is 5.91 Å². The maximum absolute atomic E-state index is 12.2. The van der Waals surface area contributed by atoms with Crippen LogP contribution in [-0.4, -0.2) is 53.6 Å². The van der Waals surface area contributed by atoms with Crippen molar-refractivity contribution < 1.29 is 18.8 Å². The molecule has 0 atom stereocenters. The lowest BCUT2D eigenvalue weighted by atomic mass is 10.1. The summed E-state index contributed by atoms with van der Waals surface area (Å²) in [6, 6.07) is 5.24. The molecule has 0 radical (unpaired) electrons. The van der Waals surface area contributed by atoms with Crippen LogP contribution in [0.2, 0.25) is 0 Å². The fourth-order valence-corrected chi connectivity index (χ4v) is 3.36. The fraction of sp³-hybridized carbons (Fsp3) is 0.353. The molecule has 1 aliphatic rings. The molecule has 1 fully saturated rings. The van der Waals surface area contributed by atoms with Gasteiger partial charge >= 0.3 is 0 Å². The Morgan fingerprint density at radius 2 is 1.79 bits per heavy atom. The molecular formula is C17H18N2O4S. The molecule has 2 amide bonds. The van der Waals surface area contributed by atoms with Gasteiger partial charge < -0.3 is 14.2 Å². The molecule has 3 heterocycles. The SMILES string of the molecule is O=C(CCC(=O)N1CCN(C(=O)c2ccoc2)CC1)c1cccs1. The van der Waals surface area contributed by atoms with Gasteiger partial charge in [-0.3, -0.25) is 14.4 Å². The minimum atomic E-state index is -0.0799. The summed E-state index contributed by atoms with van der Waals surface area (Å²) in [6.07, 6.45) is 3.34. The molecule has 0 spiro atoms. The number of thiophene rings is 1. The van der Waals surface area contributed by atoms with Crippen molar-refractivity contribution in [1.29, 1.82) is 0 Å². The van der Waals surface area contributed by atoms with Crippen molar-refractivity contribution in [2.75, 3.05) is 26.2 Å². The van der Waals surface area contributed by atoms with Crippen LogP contribution in [0, 0.1) is 0 Å². The van der Waals surface area contributed by atoms with Gasteiger partial charge in [-0.15, -0.1) is 11.3 Å². The number of piperazine rings is 1. The highest BCUT2D eigenvalue weighted by Crippen LogP contribution is 2.14. The first-order valence-corrected chi connectivity index (χ1v) is 8.69. The van der Waals surface area contributed by atoms with Gasteiger partial charge in [0.05, 0.1) is 16.7 Å². The Hall–Kier alpha value is -2.41. The molecule has 24 heavy (non-hydrogen) atoms. The number of amides is 2. The van der Waals surface area contributed by atoms with Crippen molar-refractivity contribution in [3.8, 4) is 0 Å². The van der Waals surface area contributed by atoms with E-state index >= 15 is 0 Å². The van der Waals surface area contributed by atoms with Crippen LogP contribution in [0.3, 0.4) is 0 Å². The van der Waals surface area contributed by atoms with Gasteiger partial charge in [0.25, 0.3) is 5.91 Å². The van der Waals surface area contributed by atoms with Gasteiger partial charge in [-0.25, -0.2) is 0 Å². The van der Waals surface area contributed by atoms with Gasteiger partial charge in [-0.05, 0) is 17.5 Å². The van der Waals surface area contributed by atoms with Crippen molar-refractivity contribution in [3.63, 3.8) is 0 Å². The summed E-state index contributed by atoms with van der Waals surface area (Å²) in [4.78, 5) is 40.5. The molecule has 2 aromatic rings. The van der Waals surface area contributed by atoms with Crippen molar-refractivity contribution in [3.05, 3.63) is 46.5 Å². The lowest BCUT2D eigenvalue weighted by Crippen LogP contribution is -2.50.